The molecule has 7 unspecified atom stereocenters. The predicted molar refractivity (Wildman–Crippen MR) is 319 cm³/mol. The first kappa shape index (κ1) is 73.9. The van der Waals surface area contributed by atoms with Gasteiger partial charge in [-0.3, -0.25) is 9.35 Å². The number of aliphatic hydroxyl groups excluding tert-OH is 4. The fourth-order valence-corrected chi connectivity index (χ4v) is 11.5. The summed E-state index contributed by atoms with van der Waals surface area (Å²) in [5, 5.41) is 44.9. The molecule has 0 bridgehead atoms. The molecule has 458 valence electrons. The third kappa shape index (κ3) is 46.1. The third-order valence-electron chi connectivity index (χ3n) is 16.1. The Balaban J connectivity index is 2.08. The number of hydrogen-bond donors (Lipinski definition) is 6. The minimum Gasteiger partial charge on any atom is -0.394 e. The quantitative estimate of drug-likeness (QED) is 0.0193. The first-order valence-corrected chi connectivity index (χ1v) is 34.4. The molecule has 0 aromatic heterocycles. The van der Waals surface area contributed by atoms with E-state index in [0.717, 1.165) is 38.5 Å². The molecule has 0 radical (unpaired) electrons. The van der Waals surface area contributed by atoms with Crippen LogP contribution in [0.3, 0.4) is 0 Å². The minimum atomic E-state index is -5.09. The lowest BCUT2D eigenvalue weighted by molar-refractivity contribution is -0.298. The van der Waals surface area contributed by atoms with Gasteiger partial charge in [0.05, 0.1) is 25.4 Å². The number of aliphatic hydroxyl groups is 4. The normalized spacial score (nSPS) is 18.9. The van der Waals surface area contributed by atoms with Gasteiger partial charge in [-0.25, -0.2) is 4.18 Å². The van der Waals surface area contributed by atoms with Crippen LogP contribution < -0.4 is 5.32 Å². The second-order valence-electron chi connectivity index (χ2n) is 23.4. The lowest BCUT2D eigenvalue weighted by atomic mass is 9.99. The maximum Gasteiger partial charge on any atom is 0.397 e. The Morgan fingerprint density at radius 1 is 0.506 bits per heavy atom. The van der Waals surface area contributed by atoms with Gasteiger partial charge < -0.3 is 35.2 Å². The summed E-state index contributed by atoms with van der Waals surface area (Å²) in [7, 11) is -5.09. The van der Waals surface area contributed by atoms with Crippen LogP contribution in [0, 0.1) is 0 Å². The highest BCUT2D eigenvalue weighted by Crippen LogP contribution is 2.26. The number of allylic oxidation sites excluding steroid dienone is 1. The van der Waals surface area contributed by atoms with Crippen molar-refractivity contribution in [2.75, 3.05) is 13.2 Å². The maximum atomic E-state index is 13.1. The van der Waals surface area contributed by atoms with Gasteiger partial charge >= 0.3 is 10.4 Å². The van der Waals surface area contributed by atoms with E-state index in [-0.39, 0.29) is 18.9 Å². The standard InChI is InChI=1S/C64H125NO11S/c1-3-5-7-9-11-13-15-16-17-18-19-20-21-22-23-24-25-26-27-28-29-30-31-32-33-34-35-36-37-38-39-40-41-42-44-46-48-50-52-54-60(68)65-57(58(67)53-51-49-47-45-43-14-12-10-8-6-4-2)56-74-64-62(70)63(76-77(71,72)73)61(69)59(55-66)75-64/h51,53,57-59,61-64,66-67,69-70H,3-50,52,54-56H2,1-2H3,(H,65,68)(H,71,72,73)/b53-51+. The molecule has 0 aromatic rings. The second-order valence-corrected chi connectivity index (χ2v) is 24.5. The Labute approximate surface area is 474 Å². The molecule has 0 aromatic carbocycles. The van der Waals surface area contributed by atoms with Crippen molar-refractivity contribution < 1.29 is 51.8 Å². The van der Waals surface area contributed by atoms with Crippen LogP contribution in [0.2, 0.25) is 0 Å². The van der Waals surface area contributed by atoms with Crippen LogP contribution in [0.25, 0.3) is 0 Å². The van der Waals surface area contributed by atoms with Crippen molar-refractivity contribution in [3.63, 3.8) is 0 Å². The highest BCUT2D eigenvalue weighted by molar-refractivity contribution is 7.80. The highest BCUT2D eigenvalue weighted by Gasteiger charge is 2.48. The smallest absolute Gasteiger partial charge is 0.394 e. The summed E-state index contributed by atoms with van der Waals surface area (Å²) in [5.74, 6) is -0.257. The Bertz CT molecular complexity index is 1400. The van der Waals surface area contributed by atoms with Crippen LogP contribution in [0.4, 0.5) is 0 Å². The van der Waals surface area contributed by atoms with Gasteiger partial charge in [-0.2, -0.15) is 8.42 Å². The van der Waals surface area contributed by atoms with Gasteiger partial charge in [0.2, 0.25) is 5.91 Å². The van der Waals surface area contributed by atoms with E-state index < -0.39 is 59.9 Å². The number of unbranched alkanes of at least 4 members (excludes halogenated alkanes) is 47. The van der Waals surface area contributed by atoms with Crippen molar-refractivity contribution in [3.05, 3.63) is 12.2 Å². The van der Waals surface area contributed by atoms with E-state index in [4.69, 9.17) is 9.47 Å². The number of carbonyl (C=O) groups excluding carboxylic acids is 1. The van der Waals surface area contributed by atoms with Crippen LogP contribution in [0.1, 0.15) is 335 Å². The lowest BCUT2D eigenvalue weighted by Crippen LogP contribution is -2.61. The third-order valence-corrected chi connectivity index (χ3v) is 16.5. The molecule has 0 saturated carbocycles. The van der Waals surface area contributed by atoms with Crippen molar-refractivity contribution in [1.29, 1.82) is 0 Å². The first-order chi connectivity index (χ1) is 37.5. The molecule has 13 heteroatoms. The molecule has 77 heavy (non-hydrogen) atoms. The lowest BCUT2D eigenvalue weighted by Gasteiger charge is -2.41. The molecule has 1 aliphatic rings. The minimum absolute atomic E-state index is 0.257. The topological polar surface area (TPSA) is 192 Å². The fourth-order valence-electron chi connectivity index (χ4n) is 11.0. The molecule has 0 aliphatic carbocycles. The number of amides is 1. The summed E-state index contributed by atoms with van der Waals surface area (Å²) in [5.41, 5.74) is 0. The van der Waals surface area contributed by atoms with Crippen LogP contribution in [-0.2, 0) is 28.9 Å². The zero-order valence-corrected chi connectivity index (χ0v) is 50.9. The number of rotatable bonds is 59. The molecule has 1 fully saturated rings. The molecule has 0 spiro atoms. The highest BCUT2D eigenvalue weighted by atomic mass is 32.3. The van der Waals surface area contributed by atoms with Gasteiger partial charge in [-0.15, -0.1) is 0 Å². The molecule has 12 nitrogen and oxygen atoms in total. The van der Waals surface area contributed by atoms with Gasteiger partial charge in [0, 0.05) is 6.42 Å². The number of hydrogen-bond acceptors (Lipinski definition) is 10. The van der Waals surface area contributed by atoms with Gasteiger partial charge in [-0.05, 0) is 19.3 Å². The van der Waals surface area contributed by atoms with Gasteiger partial charge in [-0.1, -0.05) is 321 Å². The molecule has 6 N–H and O–H groups in total. The molecular weight excluding hydrogens is 991 g/mol. The number of ether oxygens (including phenoxy) is 2. The Morgan fingerprint density at radius 3 is 1.13 bits per heavy atom. The number of carbonyl (C=O) groups is 1. The maximum absolute atomic E-state index is 13.1. The SMILES string of the molecule is CCCCCCCCCCC/C=C/C(O)C(COC1OC(CO)C(O)C(OS(=O)(=O)O)C1O)NC(=O)CCCCCCCCCCCCCCCCCCCCCCCCCCCCCCCCCCCCCCCCC. The van der Waals surface area contributed by atoms with Crippen LogP contribution in [0.15, 0.2) is 12.2 Å². The van der Waals surface area contributed by atoms with Crippen LogP contribution >= 0.6 is 0 Å². The molecule has 7 atom stereocenters. The summed E-state index contributed by atoms with van der Waals surface area (Å²) in [6.45, 7) is 3.41. The Morgan fingerprint density at radius 2 is 0.818 bits per heavy atom. The number of nitrogens with one attached hydrogen (secondary N) is 1. The molecule has 1 amide bonds. The Kier molecular flexibility index (Phi) is 51.9. The van der Waals surface area contributed by atoms with Crippen LogP contribution in [0.5, 0.6) is 0 Å². The van der Waals surface area contributed by atoms with E-state index >= 15 is 0 Å². The fraction of sp³-hybridized carbons (Fsp3) is 0.953. The van der Waals surface area contributed by atoms with Crippen molar-refractivity contribution in [2.45, 2.75) is 378 Å². The first-order valence-electron chi connectivity index (χ1n) is 33.1. The largest absolute Gasteiger partial charge is 0.397 e. The summed E-state index contributed by atoms with van der Waals surface area (Å²) < 4.78 is 47.8. The van der Waals surface area contributed by atoms with E-state index in [0.29, 0.717) is 6.42 Å². The van der Waals surface area contributed by atoms with Crippen molar-refractivity contribution >= 4 is 16.3 Å². The van der Waals surface area contributed by atoms with Gasteiger partial charge in [0.25, 0.3) is 0 Å². The van der Waals surface area contributed by atoms with E-state index in [1.54, 1.807) is 6.08 Å². The van der Waals surface area contributed by atoms with Gasteiger partial charge in [0.15, 0.2) is 6.29 Å². The van der Waals surface area contributed by atoms with Gasteiger partial charge in [0.1, 0.15) is 24.4 Å². The average molecular weight is 1120 g/mol. The van der Waals surface area contributed by atoms with E-state index in [2.05, 4.69) is 23.3 Å². The molecule has 1 heterocycles. The van der Waals surface area contributed by atoms with Crippen molar-refractivity contribution in [1.82, 2.24) is 5.32 Å². The molecular formula is C64H125NO11S. The van der Waals surface area contributed by atoms with E-state index in [1.165, 1.54) is 270 Å². The van der Waals surface area contributed by atoms with E-state index in [9.17, 15) is 38.2 Å². The van der Waals surface area contributed by atoms with Crippen molar-refractivity contribution in [3.8, 4) is 0 Å². The van der Waals surface area contributed by atoms with E-state index in [1.807, 2.05) is 6.08 Å². The summed E-state index contributed by atoms with van der Waals surface area (Å²) in [6.07, 6.45) is 59.0. The summed E-state index contributed by atoms with van der Waals surface area (Å²) in [6, 6.07) is -0.939. The zero-order valence-electron chi connectivity index (χ0n) is 50.1. The molecule has 1 saturated heterocycles. The van der Waals surface area contributed by atoms with Crippen molar-refractivity contribution in [2.24, 2.45) is 0 Å². The molecule has 1 rings (SSSR count). The average Bonchev–Trinajstić information content (AvgIpc) is 3.41. The van der Waals surface area contributed by atoms with Crippen LogP contribution in [-0.4, -0.2) is 95.4 Å². The predicted octanol–water partition coefficient (Wildman–Crippen LogP) is 16.6. The zero-order chi connectivity index (χ0) is 56.1. The molecule has 1 aliphatic heterocycles. The summed E-state index contributed by atoms with van der Waals surface area (Å²) >= 11 is 0. The second kappa shape index (κ2) is 54.1. The summed E-state index contributed by atoms with van der Waals surface area (Å²) in [4.78, 5) is 13.1. The monoisotopic (exact) mass is 1120 g/mol. The Hall–Kier alpha value is -1.16.